The molecule has 0 unspecified atom stereocenters. The standard InChI is InChI=1S/C21H28N4O/c26-21(22-12-11-19-7-3-1-4-8-19)23-13-14-24-15-17-25(18-16-24)20-9-5-2-6-10-20/h1-10H,11-18H2,(H2,22,23,26). The lowest BCUT2D eigenvalue weighted by molar-refractivity contribution is 0.232. The third kappa shape index (κ3) is 5.77. The second-order valence-electron chi connectivity index (χ2n) is 6.58. The maximum Gasteiger partial charge on any atom is 0.314 e. The Labute approximate surface area is 156 Å². The van der Waals surface area contributed by atoms with Crippen molar-refractivity contribution < 1.29 is 4.79 Å². The van der Waals surface area contributed by atoms with Crippen molar-refractivity contribution in [2.45, 2.75) is 6.42 Å². The van der Waals surface area contributed by atoms with E-state index in [0.717, 1.165) is 39.1 Å². The van der Waals surface area contributed by atoms with Crippen molar-refractivity contribution in [1.29, 1.82) is 0 Å². The molecule has 1 saturated heterocycles. The number of piperazine rings is 1. The van der Waals surface area contributed by atoms with Crippen LogP contribution in [0.25, 0.3) is 0 Å². The molecule has 2 aromatic rings. The Hall–Kier alpha value is -2.53. The van der Waals surface area contributed by atoms with E-state index in [1.807, 2.05) is 18.2 Å². The van der Waals surface area contributed by atoms with Crippen LogP contribution in [0.2, 0.25) is 0 Å². The van der Waals surface area contributed by atoms with Crippen LogP contribution in [-0.2, 0) is 6.42 Å². The molecule has 0 aliphatic carbocycles. The molecule has 0 saturated carbocycles. The molecule has 1 heterocycles. The van der Waals surface area contributed by atoms with Crippen LogP contribution in [-0.4, -0.2) is 56.7 Å². The molecule has 5 nitrogen and oxygen atoms in total. The molecule has 138 valence electrons. The third-order valence-electron chi connectivity index (χ3n) is 4.75. The van der Waals surface area contributed by atoms with E-state index < -0.39 is 0 Å². The Kier molecular flexibility index (Phi) is 6.90. The molecule has 2 amide bonds. The first-order chi connectivity index (χ1) is 12.8. The summed E-state index contributed by atoms with van der Waals surface area (Å²) in [5.74, 6) is 0. The largest absolute Gasteiger partial charge is 0.369 e. The number of benzene rings is 2. The minimum atomic E-state index is -0.0798. The van der Waals surface area contributed by atoms with Gasteiger partial charge in [-0.1, -0.05) is 48.5 Å². The minimum Gasteiger partial charge on any atom is -0.369 e. The minimum absolute atomic E-state index is 0.0798. The highest BCUT2D eigenvalue weighted by molar-refractivity contribution is 5.73. The fraction of sp³-hybridized carbons (Fsp3) is 0.381. The van der Waals surface area contributed by atoms with E-state index in [1.54, 1.807) is 0 Å². The normalized spacial score (nSPS) is 14.8. The molecule has 5 heteroatoms. The average molecular weight is 352 g/mol. The molecular formula is C21H28N4O. The number of para-hydroxylation sites is 1. The van der Waals surface area contributed by atoms with Gasteiger partial charge in [0.1, 0.15) is 0 Å². The smallest absolute Gasteiger partial charge is 0.314 e. The summed E-state index contributed by atoms with van der Waals surface area (Å²) in [5.41, 5.74) is 2.53. The molecule has 26 heavy (non-hydrogen) atoms. The van der Waals surface area contributed by atoms with Crippen LogP contribution in [0.5, 0.6) is 0 Å². The average Bonchev–Trinajstić information content (AvgIpc) is 2.70. The van der Waals surface area contributed by atoms with Gasteiger partial charge in [-0.25, -0.2) is 4.79 Å². The summed E-state index contributed by atoms with van der Waals surface area (Å²) in [6.07, 6.45) is 0.857. The Bertz CT molecular complexity index is 654. The van der Waals surface area contributed by atoms with Gasteiger partial charge in [0.2, 0.25) is 0 Å². The first-order valence-corrected chi connectivity index (χ1v) is 9.39. The zero-order valence-electron chi connectivity index (χ0n) is 15.2. The molecule has 1 aliphatic heterocycles. The highest BCUT2D eigenvalue weighted by atomic mass is 16.2. The van der Waals surface area contributed by atoms with Crippen LogP contribution in [0.4, 0.5) is 10.5 Å². The van der Waals surface area contributed by atoms with E-state index >= 15 is 0 Å². The van der Waals surface area contributed by atoms with Gasteiger partial charge in [0, 0.05) is 51.5 Å². The predicted molar refractivity (Wildman–Crippen MR) is 107 cm³/mol. The van der Waals surface area contributed by atoms with E-state index in [-0.39, 0.29) is 6.03 Å². The molecule has 3 rings (SSSR count). The van der Waals surface area contributed by atoms with Gasteiger partial charge in [0.25, 0.3) is 0 Å². The Morgan fingerprint density at radius 3 is 2.12 bits per heavy atom. The monoisotopic (exact) mass is 352 g/mol. The van der Waals surface area contributed by atoms with Crippen LogP contribution in [0, 0.1) is 0 Å². The summed E-state index contributed by atoms with van der Waals surface area (Å²) < 4.78 is 0. The Morgan fingerprint density at radius 1 is 0.808 bits per heavy atom. The number of nitrogens with one attached hydrogen (secondary N) is 2. The van der Waals surface area contributed by atoms with Crippen molar-refractivity contribution in [2.75, 3.05) is 50.7 Å². The van der Waals surface area contributed by atoms with Crippen molar-refractivity contribution in [2.24, 2.45) is 0 Å². The maximum absolute atomic E-state index is 11.9. The summed E-state index contributed by atoms with van der Waals surface area (Å²) in [6, 6.07) is 20.7. The van der Waals surface area contributed by atoms with Gasteiger partial charge in [-0.05, 0) is 24.1 Å². The summed E-state index contributed by atoms with van der Waals surface area (Å²) in [7, 11) is 0. The molecule has 0 radical (unpaired) electrons. The van der Waals surface area contributed by atoms with E-state index in [9.17, 15) is 4.79 Å². The third-order valence-corrected chi connectivity index (χ3v) is 4.75. The zero-order valence-corrected chi connectivity index (χ0v) is 15.2. The van der Waals surface area contributed by atoms with Crippen LogP contribution in [0.15, 0.2) is 60.7 Å². The number of amides is 2. The van der Waals surface area contributed by atoms with Crippen LogP contribution in [0.1, 0.15) is 5.56 Å². The number of carbonyl (C=O) groups is 1. The van der Waals surface area contributed by atoms with Gasteiger partial charge in [-0.2, -0.15) is 0 Å². The number of anilines is 1. The van der Waals surface area contributed by atoms with Gasteiger partial charge in [-0.15, -0.1) is 0 Å². The van der Waals surface area contributed by atoms with E-state index in [0.29, 0.717) is 13.1 Å². The quantitative estimate of drug-likeness (QED) is 0.804. The molecule has 2 aromatic carbocycles. The van der Waals surface area contributed by atoms with Gasteiger partial charge in [-0.3, -0.25) is 4.90 Å². The molecule has 0 bridgehead atoms. The van der Waals surface area contributed by atoms with Crippen molar-refractivity contribution in [3.8, 4) is 0 Å². The number of carbonyl (C=O) groups excluding carboxylic acids is 1. The van der Waals surface area contributed by atoms with E-state index in [4.69, 9.17) is 0 Å². The molecule has 0 aromatic heterocycles. The summed E-state index contributed by atoms with van der Waals surface area (Å²) in [6.45, 7) is 6.38. The summed E-state index contributed by atoms with van der Waals surface area (Å²) >= 11 is 0. The molecule has 0 spiro atoms. The molecular weight excluding hydrogens is 324 g/mol. The number of urea groups is 1. The fourth-order valence-electron chi connectivity index (χ4n) is 3.22. The van der Waals surface area contributed by atoms with Crippen molar-refractivity contribution in [1.82, 2.24) is 15.5 Å². The number of rotatable bonds is 7. The number of nitrogens with zero attached hydrogens (tertiary/aromatic N) is 2. The first-order valence-electron chi connectivity index (χ1n) is 9.39. The molecule has 1 aliphatic rings. The van der Waals surface area contributed by atoms with Crippen molar-refractivity contribution >= 4 is 11.7 Å². The second kappa shape index (κ2) is 9.82. The van der Waals surface area contributed by atoms with Gasteiger partial charge in [0.05, 0.1) is 0 Å². The van der Waals surface area contributed by atoms with E-state index in [2.05, 4.69) is 62.9 Å². The lowest BCUT2D eigenvalue weighted by atomic mass is 10.1. The number of hydrogen-bond donors (Lipinski definition) is 2. The highest BCUT2D eigenvalue weighted by Gasteiger charge is 2.16. The van der Waals surface area contributed by atoms with Crippen molar-refractivity contribution in [3.63, 3.8) is 0 Å². The first kappa shape index (κ1) is 18.3. The SMILES string of the molecule is O=C(NCCc1ccccc1)NCCN1CCN(c2ccccc2)CC1. The molecule has 0 atom stereocenters. The van der Waals surface area contributed by atoms with Crippen LogP contribution in [0.3, 0.4) is 0 Å². The Balaban J connectivity index is 1.26. The van der Waals surface area contributed by atoms with E-state index in [1.165, 1.54) is 11.3 Å². The predicted octanol–water partition coefficient (Wildman–Crippen LogP) is 2.35. The summed E-state index contributed by atoms with van der Waals surface area (Å²) in [4.78, 5) is 16.7. The van der Waals surface area contributed by atoms with Gasteiger partial charge >= 0.3 is 6.03 Å². The molecule has 2 N–H and O–H groups in total. The molecule has 1 fully saturated rings. The number of hydrogen-bond acceptors (Lipinski definition) is 3. The topological polar surface area (TPSA) is 47.6 Å². The zero-order chi connectivity index (χ0) is 18.0. The summed E-state index contributed by atoms with van der Waals surface area (Å²) in [5, 5.41) is 5.87. The van der Waals surface area contributed by atoms with Crippen LogP contribution >= 0.6 is 0 Å². The highest BCUT2D eigenvalue weighted by Crippen LogP contribution is 2.15. The van der Waals surface area contributed by atoms with Gasteiger partial charge < -0.3 is 15.5 Å². The second-order valence-corrected chi connectivity index (χ2v) is 6.58. The lowest BCUT2D eigenvalue weighted by Crippen LogP contribution is -2.49. The lowest BCUT2D eigenvalue weighted by Gasteiger charge is -2.36. The Morgan fingerprint density at radius 2 is 1.42 bits per heavy atom. The maximum atomic E-state index is 11.9. The van der Waals surface area contributed by atoms with Crippen LogP contribution < -0.4 is 15.5 Å². The van der Waals surface area contributed by atoms with Gasteiger partial charge in [0.15, 0.2) is 0 Å². The van der Waals surface area contributed by atoms with Crippen molar-refractivity contribution in [3.05, 3.63) is 66.2 Å². The fourth-order valence-corrected chi connectivity index (χ4v) is 3.22.